The Bertz CT molecular complexity index is 535. The van der Waals surface area contributed by atoms with Crippen LogP contribution in [0.5, 0.6) is 0 Å². The fourth-order valence-corrected chi connectivity index (χ4v) is 2.85. The molecule has 0 saturated carbocycles. The van der Waals surface area contributed by atoms with Gasteiger partial charge in [-0.3, -0.25) is 10.2 Å². The average Bonchev–Trinajstić information content (AvgIpc) is 2.72. The van der Waals surface area contributed by atoms with E-state index in [0.717, 1.165) is 27.8 Å². The van der Waals surface area contributed by atoms with Gasteiger partial charge in [-0.25, -0.2) is 4.98 Å². The van der Waals surface area contributed by atoms with Crippen molar-refractivity contribution in [1.82, 2.24) is 20.2 Å². The molecule has 0 radical (unpaired) electrons. The second-order valence-corrected chi connectivity index (χ2v) is 5.61. The van der Waals surface area contributed by atoms with Crippen molar-refractivity contribution in [3.05, 3.63) is 15.5 Å². The highest BCUT2D eigenvalue weighted by molar-refractivity contribution is 7.71. The van der Waals surface area contributed by atoms with Crippen LogP contribution in [0.1, 0.15) is 24.5 Å². The molecule has 0 aliphatic rings. The second-order valence-electron chi connectivity index (χ2n) is 4.14. The normalized spacial score (nSPS) is 11.2. The van der Waals surface area contributed by atoms with Crippen molar-refractivity contribution in [2.45, 2.75) is 27.2 Å². The van der Waals surface area contributed by atoms with E-state index >= 15 is 0 Å². The van der Waals surface area contributed by atoms with Crippen molar-refractivity contribution in [2.24, 2.45) is 5.92 Å². The SMILES string of the molecule is Cc1nc(CC(C)C)sc1-c1nc(=S)[nH][nH]1. The summed E-state index contributed by atoms with van der Waals surface area (Å²) >= 11 is 6.62. The standard InChI is InChI=1S/C10H14N4S2/c1-5(2)4-7-11-6(3)8(16-7)9-12-10(15)14-13-9/h5H,4H2,1-3H3,(H2,12,13,14,15). The van der Waals surface area contributed by atoms with Crippen LogP contribution in [0.2, 0.25) is 0 Å². The van der Waals surface area contributed by atoms with Gasteiger partial charge in [0.05, 0.1) is 15.6 Å². The first-order chi connectivity index (χ1) is 7.56. The van der Waals surface area contributed by atoms with Gasteiger partial charge in [-0.2, -0.15) is 4.98 Å². The lowest BCUT2D eigenvalue weighted by Crippen LogP contribution is -1.92. The average molecular weight is 254 g/mol. The van der Waals surface area contributed by atoms with E-state index in [-0.39, 0.29) is 0 Å². The van der Waals surface area contributed by atoms with Gasteiger partial charge in [-0.1, -0.05) is 13.8 Å². The number of rotatable bonds is 3. The number of hydrogen-bond acceptors (Lipinski definition) is 4. The molecule has 0 aliphatic carbocycles. The molecular formula is C10H14N4S2. The number of aromatic nitrogens is 4. The zero-order chi connectivity index (χ0) is 11.7. The molecule has 0 atom stereocenters. The number of nitrogens with zero attached hydrogens (tertiary/aromatic N) is 2. The van der Waals surface area contributed by atoms with Crippen molar-refractivity contribution in [1.29, 1.82) is 0 Å². The predicted molar refractivity (Wildman–Crippen MR) is 68.2 cm³/mol. The summed E-state index contributed by atoms with van der Waals surface area (Å²) in [5.74, 6) is 1.41. The van der Waals surface area contributed by atoms with Gasteiger partial charge in [-0.05, 0) is 25.1 Å². The predicted octanol–water partition coefficient (Wildman–Crippen LogP) is 3.10. The topological polar surface area (TPSA) is 57.4 Å². The maximum atomic E-state index is 4.94. The highest BCUT2D eigenvalue weighted by atomic mass is 32.1. The maximum absolute atomic E-state index is 4.94. The van der Waals surface area contributed by atoms with Crippen molar-refractivity contribution in [3.8, 4) is 10.7 Å². The van der Waals surface area contributed by atoms with Gasteiger partial charge >= 0.3 is 0 Å². The van der Waals surface area contributed by atoms with Crippen LogP contribution < -0.4 is 0 Å². The quantitative estimate of drug-likeness (QED) is 0.827. The summed E-state index contributed by atoms with van der Waals surface area (Å²) in [6.45, 7) is 6.39. The van der Waals surface area contributed by atoms with E-state index in [0.29, 0.717) is 10.7 Å². The molecule has 6 heteroatoms. The number of aromatic amines is 2. The third-order valence-electron chi connectivity index (χ3n) is 2.14. The Hall–Kier alpha value is -1.01. The molecule has 2 aromatic rings. The van der Waals surface area contributed by atoms with Crippen LogP contribution >= 0.6 is 23.6 Å². The van der Waals surface area contributed by atoms with Crippen molar-refractivity contribution >= 4 is 23.6 Å². The Morgan fingerprint density at radius 3 is 2.62 bits per heavy atom. The Morgan fingerprint density at radius 2 is 2.06 bits per heavy atom. The van der Waals surface area contributed by atoms with E-state index in [2.05, 4.69) is 34.0 Å². The summed E-state index contributed by atoms with van der Waals surface area (Å²) in [7, 11) is 0. The number of H-pyrrole nitrogens is 2. The van der Waals surface area contributed by atoms with Crippen LogP contribution in [0.25, 0.3) is 10.7 Å². The van der Waals surface area contributed by atoms with Gasteiger partial charge in [-0.15, -0.1) is 11.3 Å². The van der Waals surface area contributed by atoms with Crippen LogP contribution in [-0.4, -0.2) is 20.2 Å². The Labute approximate surface area is 103 Å². The fourth-order valence-electron chi connectivity index (χ4n) is 1.49. The van der Waals surface area contributed by atoms with Gasteiger partial charge in [0.2, 0.25) is 4.77 Å². The van der Waals surface area contributed by atoms with E-state index in [1.165, 1.54) is 0 Å². The number of thiazole rings is 1. The lowest BCUT2D eigenvalue weighted by atomic mass is 10.1. The summed E-state index contributed by atoms with van der Waals surface area (Å²) in [5.41, 5.74) is 1.01. The Morgan fingerprint density at radius 1 is 1.31 bits per heavy atom. The first-order valence-corrected chi connectivity index (χ1v) is 6.40. The lowest BCUT2D eigenvalue weighted by molar-refractivity contribution is 0.643. The Balaban J connectivity index is 2.35. The fraction of sp³-hybridized carbons (Fsp3) is 0.500. The monoisotopic (exact) mass is 254 g/mol. The van der Waals surface area contributed by atoms with Gasteiger partial charge in [0.25, 0.3) is 0 Å². The molecule has 0 aromatic carbocycles. The van der Waals surface area contributed by atoms with Crippen molar-refractivity contribution in [3.63, 3.8) is 0 Å². The van der Waals surface area contributed by atoms with Crippen LogP contribution in [0.4, 0.5) is 0 Å². The number of nitrogens with one attached hydrogen (secondary N) is 2. The zero-order valence-electron chi connectivity index (χ0n) is 9.50. The summed E-state index contributed by atoms with van der Waals surface area (Å²) in [5, 5.41) is 6.92. The molecule has 0 fully saturated rings. The first kappa shape index (κ1) is 11.5. The molecule has 16 heavy (non-hydrogen) atoms. The Kier molecular flexibility index (Phi) is 3.20. The van der Waals surface area contributed by atoms with Crippen LogP contribution in [0, 0.1) is 17.6 Å². The highest BCUT2D eigenvalue weighted by Gasteiger charge is 2.12. The molecule has 2 heterocycles. The molecule has 0 aliphatic heterocycles. The van der Waals surface area contributed by atoms with E-state index in [1.54, 1.807) is 11.3 Å². The molecule has 0 saturated heterocycles. The van der Waals surface area contributed by atoms with E-state index in [9.17, 15) is 0 Å². The number of hydrogen-bond donors (Lipinski definition) is 2. The van der Waals surface area contributed by atoms with Gasteiger partial charge in [0, 0.05) is 6.42 Å². The molecule has 0 spiro atoms. The summed E-state index contributed by atoms with van der Waals surface area (Å²) in [6.07, 6.45) is 1.01. The van der Waals surface area contributed by atoms with Crippen LogP contribution in [-0.2, 0) is 6.42 Å². The molecule has 0 unspecified atom stereocenters. The minimum absolute atomic E-state index is 0.480. The number of aryl methyl sites for hydroxylation is 1. The molecule has 4 nitrogen and oxygen atoms in total. The summed E-state index contributed by atoms with van der Waals surface area (Å²) < 4.78 is 0.480. The molecule has 2 rings (SSSR count). The zero-order valence-corrected chi connectivity index (χ0v) is 11.1. The highest BCUT2D eigenvalue weighted by Crippen LogP contribution is 2.28. The van der Waals surface area contributed by atoms with Crippen LogP contribution in [0.3, 0.4) is 0 Å². The second kappa shape index (κ2) is 4.47. The van der Waals surface area contributed by atoms with Crippen LogP contribution in [0.15, 0.2) is 0 Å². The summed E-state index contributed by atoms with van der Waals surface area (Å²) in [6, 6.07) is 0. The third kappa shape index (κ3) is 2.38. The minimum Gasteiger partial charge on any atom is -0.281 e. The third-order valence-corrected chi connectivity index (χ3v) is 3.52. The largest absolute Gasteiger partial charge is 0.281 e. The van der Waals surface area contributed by atoms with Crippen molar-refractivity contribution < 1.29 is 0 Å². The van der Waals surface area contributed by atoms with E-state index in [1.807, 2.05) is 6.92 Å². The van der Waals surface area contributed by atoms with E-state index in [4.69, 9.17) is 12.2 Å². The maximum Gasteiger partial charge on any atom is 0.213 e. The van der Waals surface area contributed by atoms with Gasteiger partial charge in [0.1, 0.15) is 0 Å². The van der Waals surface area contributed by atoms with Gasteiger partial charge < -0.3 is 0 Å². The molecular weight excluding hydrogens is 240 g/mol. The molecule has 0 amide bonds. The first-order valence-electron chi connectivity index (χ1n) is 5.17. The van der Waals surface area contributed by atoms with Gasteiger partial charge in [0.15, 0.2) is 5.82 Å². The minimum atomic E-state index is 0.480. The lowest BCUT2D eigenvalue weighted by Gasteiger charge is -1.97. The molecule has 2 N–H and O–H groups in total. The molecule has 2 aromatic heterocycles. The molecule has 0 bridgehead atoms. The molecule has 86 valence electrons. The summed E-state index contributed by atoms with van der Waals surface area (Å²) in [4.78, 5) is 9.83. The smallest absolute Gasteiger partial charge is 0.213 e. The van der Waals surface area contributed by atoms with Crippen molar-refractivity contribution in [2.75, 3.05) is 0 Å². The van der Waals surface area contributed by atoms with E-state index < -0.39 is 0 Å².